The molecule has 3 heterocycles. The van der Waals surface area contributed by atoms with Crippen LogP contribution in [0.1, 0.15) is 5.69 Å². The maximum absolute atomic E-state index is 11.8. The van der Waals surface area contributed by atoms with Crippen molar-refractivity contribution in [2.75, 3.05) is 5.32 Å². The molecule has 3 aromatic heterocycles. The summed E-state index contributed by atoms with van der Waals surface area (Å²) in [6, 6.07) is 3.88. The minimum absolute atomic E-state index is 0.182. The van der Waals surface area contributed by atoms with E-state index in [4.69, 9.17) is 0 Å². The Kier molecular flexibility index (Phi) is 3.81. The van der Waals surface area contributed by atoms with Gasteiger partial charge in [0.05, 0.1) is 24.1 Å². The monoisotopic (exact) mass is 411 g/mol. The maximum Gasteiger partial charge on any atom is 0.282 e. The third-order valence-electron chi connectivity index (χ3n) is 3.00. The summed E-state index contributed by atoms with van der Waals surface area (Å²) in [5, 5.41) is 7.15. The van der Waals surface area contributed by atoms with E-state index in [-0.39, 0.29) is 5.56 Å². The molecule has 0 atom stereocenters. The lowest BCUT2D eigenvalue weighted by Gasteiger charge is -2.06. The van der Waals surface area contributed by atoms with Gasteiger partial charge in [0, 0.05) is 23.9 Å². The van der Waals surface area contributed by atoms with Crippen LogP contribution >= 0.6 is 31.9 Å². The Hall–Kier alpha value is -1.67. The fourth-order valence-corrected chi connectivity index (χ4v) is 2.77. The number of aryl methyl sites for hydroxylation is 1. The molecule has 0 aliphatic carbocycles. The highest BCUT2D eigenvalue weighted by molar-refractivity contribution is 9.10. The number of halogens is 2. The van der Waals surface area contributed by atoms with Crippen molar-refractivity contribution in [1.82, 2.24) is 19.2 Å². The molecule has 0 saturated heterocycles. The topological polar surface area (TPSA) is 64.2 Å². The van der Waals surface area contributed by atoms with Gasteiger partial charge in [0.1, 0.15) is 10.1 Å². The van der Waals surface area contributed by atoms with Gasteiger partial charge in [-0.05, 0) is 44.0 Å². The Morgan fingerprint density at radius 2 is 2.10 bits per heavy atom. The molecule has 0 spiro atoms. The van der Waals surface area contributed by atoms with E-state index in [0.717, 1.165) is 15.8 Å². The average molecular weight is 413 g/mol. The maximum atomic E-state index is 11.8. The third kappa shape index (κ3) is 2.86. The molecule has 108 valence electrons. The summed E-state index contributed by atoms with van der Waals surface area (Å²) >= 11 is 6.71. The second kappa shape index (κ2) is 5.61. The van der Waals surface area contributed by atoms with Crippen LogP contribution in [-0.2, 0) is 13.6 Å². The van der Waals surface area contributed by atoms with Crippen LogP contribution in [0.15, 0.2) is 44.5 Å². The van der Waals surface area contributed by atoms with Crippen molar-refractivity contribution in [1.29, 1.82) is 0 Å². The van der Waals surface area contributed by atoms with Gasteiger partial charge >= 0.3 is 0 Å². The van der Waals surface area contributed by atoms with Crippen LogP contribution in [0.4, 0.5) is 5.69 Å². The fourth-order valence-electron chi connectivity index (χ4n) is 1.92. The van der Waals surface area contributed by atoms with Gasteiger partial charge in [-0.2, -0.15) is 5.10 Å². The van der Waals surface area contributed by atoms with Crippen molar-refractivity contribution in [2.24, 2.45) is 7.05 Å². The summed E-state index contributed by atoms with van der Waals surface area (Å²) in [6.07, 6.45) is 5.49. The molecular weight excluding hydrogens is 402 g/mol. The molecule has 3 rings (SSSR count). The first-order chi connectivity index (χ1) is 10.0. The zero-order valence-electron chi connectivity index (χ0n) is 11.0. The van der Waals surface area contributed by atoms with Crippen LogP contribution < -0.4 is 10.9 Å². The standard InChI is InChI=1S/C13H11Br2N5O/c1-19-13(21)12(15)10(5-17-19)16-4-9-7-20-6-8(14)2-3-11(20)18-9/h2-3,5-7,16H,4H2,1H3. The number of rotatable bonds is 3. The fraction of sp³-hybridized carbons (Fsp3) is 0.154. The first-order valence-electron chi connectivity index (χ1n) is 6.13. The first-order valence-corrected chi connectivity index (χ1v) is 7.72. The van der Waals surface area contributed by atoms with E-state index in [0.29, 0.717) is 16.7 Å². The average Bonchev–Trinajstić information content (AvgIpc) is 2.86. The lowest BCUT2D eigenvalue weighted by atomic mass is 10.4. The van der Waals surface area contributed by atoms with Gasteiger partial charge in [0.15, 0.2) is 0 Å². The van der Waals surface area contributed by atoms with E-state index in [1.807, 2.05) is 28.9 Å². The van der Waals surface area contributed by atoms with Crippen LogP contribution in [0.2, 0.25) is 0 Å². The first kappa shape index (κ1) is 14.3. The van der Waals surface area contributed by atoms with Crippen molar-refractivity contribution in [2.45, 2.75) is 6.54 Å². The predicted octanol–water partition coefficient (Wildman–Crippen LogP) is 2.57. The summed E-state index contributed by atoms with van der Waals surface area (Å²) in [7, 11) is 1.61. The lowest BCUT2D eigenvalue weighted by molar-refractivity contribution is 0.703. The molecular formula is C13H11Br2N5O. The quantitative estimate of drug-likeness (QED) is 0.717. The van der Waals surface area contributed by atoms with Gasteiger partial charge in [0.2, 0.25) is 0 Å². The van der Waals surface area contributed by atoms with Crippen molar-refractivity contribution in [3.63, 3.8) is 0 Å². The molecule has 8 heteroatoms. The SMILES string of the molecule is Cn1ncc(NCc2cn3cc(Br)ccc3n2)c(Br)c1=O. The van der Waals surface area contributed by atoms with Gasteiger partial charge in [0.25, 0.3) is 5.56 Å². The Balaban J connectivity index is 1.83. The molecule has 0 bridgehead atoms. The molecule has 0 fully saturated rings. The van der Waals surface area contributed by atoms with Gasteiger partial charge < -0.3 is 9.72 Å². The Morgan fingerprint density at radius 1 is 1.29 bits per heavy atom. The number of imidazole rings is 1. The number of aromatic nitrogens is 4. The Bertz CT molecular complexity index is 871. The van der Waals surface area contributed by atoms with Crippen LogP contribution in [-0.4, -0.2) is 19.2 Å². The number of fused-ring (bicyclic) bond motifs is 1. The third-order valence-corrected chi connectivity index (χ3v) is 4.24. The van der Waals surface area contributed by atoms with E-state index < -0.39 is 0 Å². The zero-order valence-corrected chi connectivity index (χ0v) is 14.2. The second-order valence-corrected chi connectivity index (χ2v) is 6.21. The van der Waals surface area contributed by atoms with E-state index in [9.17, 15) is 4.79 Å². The Labute approximate surface area is 137 Å². The minimum Gasteiger partial charge on any atom is -0.377 e. The molecule has 0 aliphatic heterocycles. The molecule has 0 unspecified atom stereocenters. The van der Waals surface area contributed by atoms with Crippen LogP contribution in [0, 0.1) is 0 Å². The van der Waals surface area contributed by atoms with Crippen molar-refractivity contribution in [3.05, 3.63) is 55.7 Å². The molecule has 0 aliphatic rings. The summed E-state index contributed by atoms with van der Waals surface area (Å²) in [6.45, 7) is 0.507. The van der Waals surface area contributed by atoms with Gasteiger partial charge in [-0.15, -0.1) is 0 Å². The second-order valence-electron chi connectivity index (χ2n) is 4.50. The normalized spacial score (nSPS) is 11.0. The van der Waals surface area contributed by atoms with Crippen LogP contribution in [0.25, 0.3) is 5.65 Å². The highest BCUT2D eigenvalue weighted by Crippen LogP contribution is 2.17. The summed E-state index contributed by atoms with van der Waals surface area (Å²) < 4.78 is 4.67. The number of nitrogens with one attached hydrogen (secondary N) is 1. The number of anilines is 1. The number of pyridine rings is 1. The molecule has 3 aromatic rings. The Morgan fingerprint density at radius 3 is 2.90 bits per heavy atom. The van der Waals surface area contributed by atoms with E-state index in [1.54, 1.807) is 13.2 Å². The molecule has 0 radical (unpaired) electrons. The highest BCUT2D eigenvalue weighted by atomic mass is 79.9. The zero-order chi connectivity index (χ0) is 15.0. The van der Waals surface area contributed by atoms with Gasteiger partial charge in [-0.25, -0.2) is 9.67 Å². The number of hydrogen-bond donors (Lipinski definition) is 1. The lowest BCUT2D eigenvalue weighted by Crippen LogP contribution is -2.21. The summed E-state index contributed by atoms with van der Waals surface area (Å²) in [5.74, 6) is 0. The molecule has 6 nitrogen and oxygen atoms in total. The smallest absolute Gasteiger partial charge is 0.282 e. The summed E-state index contributed by atoms with van der Waals surface area (Å²) in [4.78, 5) is 16.3. The van der Waals surface area contributed by atoms with E-state index >= 15 is 0 Å². The highest BCUT2D eigenvalue weighted by Gasteiger charge is 2.08. The van der Waals surface area contributed by atoms with E-state index in [1.165, 1.54) is 4.68 Å². The van der Waals surface area contributed by atoms with Crippen molar-refractivity contribution >= 4 is 43.2 Å². The number of nitrogens with zero attached hydrogens (tertiary/aromatic N) is 4. The van der Waals surface area contributed by atoms with Crippen LogP contribution in [0.3, 0.4) is 0 Å². The van der Waals surface area contributed by atoms with Gasteiger partial charge in [-0.1, -0.05) is 0 Å². The largest absolute Gasteiger partial charge is 0.377 e. The molecule has 21 heavy (non-hydrogen) atoms. The molecule has 0 amide bonds. The molecule has 1 N–H and O–H groups in total. The predicted molar refractivity (Wildman–Crippen MR) is 87.4 cm³/mol. The van der Waals surface area contributed by atoms with Crippen molar-refractivity contribution < 1.29 is 0 Å². The minimum atomic E-state index is -0.182. The molecule has 0 saturated carbocycles. The molecule has 0 aromatic carbocycles. The van der Waals surface area contributed by atoms with E-state index in [2.05, 4.69) is 47.3 Å². The van der Waals surface area contributed by atoms with Crippen LogP contribution in [0.5, 0.6) is 0 Å². The van der Waals surface area contributed by atoms with Gasteiger partial charge in [-0.3, -0.25) is 4.79 Å². The number of hydrogen-bond acceptors (Lipinski definition) is 4. The van der Waals surface area contributed by atoms with Crippen molar-refractivity contribution in [3.8, 4) is 0 Å². The summed E-state index contributed by atoms with van der Waals surface area (Å²) in [5.41, 5.74) is 2.21.